The molecule has 12 nitrogen and oxygen atoms in total. The number of ether oxygens (including phenoxy) is 4. The van der Waals surface area contributed by atoms with E-state index in [-0.39, 0.29) is 42.4 Å². The van der Waals surface area contributed by atoms with Crippen LogP contribution in [0.25, 0.3) is 0 Å². The van der Waals surface area contributed by atoms with Crippen molar-refractivity contribution < 1.29 is 43.5 Å². The van der Waals surface area contributed by atoms with Gasteiger partial charge in [-0.25, -0.2) is 4.79 Å². The molecule has 2 N–H and O–H groups in total. The molecule has 43 heavy (non-hydrogen) atoms. The number of aryl methyl sites for hydroxylation is 1. The number of esters is 2. The maximum atomic E-state index is 12.9. The van der Waals surface area contributed by atoms with E-state index in [1.807, 2.05) is 22.9 Å². The van der Waals surface area contributed by atoms with Crippen LogP contribution in [0, 0.1) is 25.2 Å². The van der Waals surface area contributed by atoms with Gasteiger partial charge in [-0.15, -0.1) is 11.8 Å². The molecule has 2 aromatic rings. The molecule has 0 saturated carbocycles. The molecular formula is C30H29N3O9S. The van der Waals surface area contributed by atoms with Gasteiger partial charge in [0.1, 0.15) is 18.4 Å². The van der Waals surface area contributed by atoms with E-state index >= 15 is 0 Å². The third-order valence-electron chi connectivity index (χ3n) is 9.36. The molecule has 13 heteroatoms. The monoisotopic (exact) mass is 607 g/mol. The number of nitriles is 1. The standard InChI is InChI=1S/C30H29N3O9S/c1-11-5-14-6-15-16(7-31)33-17-8-39-30(38)18(35)9-43-29(23(33)22(32(15)4)19(14)25(37)24(11)36)21-20(17)28-27(40-10-41-28)12(2)26(21)42-13(3)34/h5,15-17,22-23,29,36-37H,6,8-10H2,1-4H3/t15-,16+,17-,22+,23?,29-/m1/s1. The normalized spacial score (nSPS) is 29.2. The summed E-state index contributed by atoms with van der Waals surface area (Å²) < 4.78 is 23.3. The molecule has 0 aliphatic carbocycles. The van der Waals surface area contributed by atoms with Crippen molar-refractivity contribution in [1.29, 1.82) is 5.26 Å². The second-order valence-corrected chi connectivity index (χ2v) is 12.7. The van der Waals surface area contributed by atoms with E-state index < -0.39 is 47.1 Å². The predicted octanol–water partition coefficient (Wildman–Crippen LogP) is 2.50. The van der Waals surface area contributed by atoms with E-state index in [9.17, 15) is 29.9 Å². The zero-order valence-electron chi connectivity index (χ0n) is 23.9. The van der Waals surface area contributed by atoms with Crippen molar-refractivity contribution in [2.24, 2.45) is 0 Å². The van der Waals surface area contributed by atoms with E-state index in [2.05, 4.69) is 6.07 Å². The van der Waals surface area contributed by atoms with Crippen LogP contribution in [-0.4, -0.2) is 82.1 Å². The van der Waals surface area contributed by atoms with Crippen molar-refractivity contribution in [3.63, 3.8) is 0 Å². The molecule has 4 bridgehead atoms. The number of cyclic esters (lactones) is 1. The third-order valence-corrected chi connectivity index (χ3v) is 10.7. The highest BCUT2D eigenvalue weighted by atomic mass is 32.2. The Morgan fingerprint density at radius 2 is 1.86 bits per heavy atom. The lowest BCUT2D eigenvalue weighted by Crippen LogP contribution is -2.69. The van der Waals surface area contributed by atoms with Gasteiger partial charge in [0.2, 0.25) is 12.6 Å². The van der Waals surface area contributed by atoms with Gasteiger partial charge >= 0.3 is 11.9 Å². The fourth-order valence-corrected chi connectivity index (χ4v) is 8.98. The van der Waals surface area contributed by atoms with Crippen molar-refractivity contribution in [3.8, 4) is 34.8 Å². The zero-order valence-corrected chi connectivity index (χ0v) is 24.7. The molecule has 7 rings (SSSR count). The molecule has 1 fully saturated rings. The summed E-state index contributed by atoms with van der Waals surface area (Å²) in [4.78, 5) is 42.1. The van der Waals surface area contributed by atoms with Gasteiger partial charge < -0.3 is 29.2 Å². The Balaban J connectivity index is 1.57. The lowest BCUT2D eigenvalue weighted by molar-refractivity contribution is -0.157. The summed E-state index contributed by atoms with van der Waals surface area (Å²) in [5.74, 6) is -1.85. The number of fused-ring (bicyclic) bond motifs is 9. The number of thioether (sulfide) groups is 1. The number of phenols is 2. The Morgan fingerprint density at radius 1 is 1.12 bits per heavy atom. The molecule has 2 aromatic carbocycles. The number of hydrogen-bond acceptors (Lipinski definition) is 13. The van der Waals surface area contributed by atoms with Crippen LogP contribution < -0.4 is 14.2 Å². The van der Waals surface area contributed by atoms with Crippen molar-refractivity contribution in [1.82, 2.24) is 9.80 Å². The van der Waals surface area contributed by atoms with Crippen LogP contribution in [0.3, 0.4) is 0 Å². The van der Waals surface area contributed by atoms with E-state index in [1.165, 1.54) is 18.7 Å². The summed E-state index contributed by atoms with van der Waals surface area (Å²) in [6, 6.07) is 1.38. The molecule has 1 unspecified atom stereocenters. The number of ketones is 1. The average Bonchev–Trinajstić information content (AvgIpc) is 3.46. The Kier molecular flexibility index (Phi) is 6.32. The Bertz CT molecular complexity index is 1670. The van der Waals surface area contributed by atoms with Crippen LogP contribution in [-0.2, 0) is 25.5 Å². The van der Waals surface area contributed by atoms with Crippen molar-refractivity contribution in [2.75, 3.05) is 26.2 Å². The van der Waals surface area contributed by atoms with Crippen LogP contribution in [0.5, 0.6) is 28.7 Å². The number of benzene rings is 2. The van der Waals surface area contributed by atoms with Crippen LogP contribution in [0.2, 0.25) is 0 Å². The van der Waals surface area contributed by atoms with E-state index in [1.54, 1.807) is 13.8 Å². The number of phenolic OH excluding ortho intramolecular Hbond substituents is 2. The first-order valence-electron chi connectivity index (χ1n) is 13.9. The smallest absolute Gasteiger partial charge is 0.375 e. The number of hydrogen-bond donors (Lipinski definition) is 2. The summed E-state index contributed by atoms with van der Waals surface area (Å²) in [6.07, 6.45) is 0.429. The molecule has 5 aliphatic rings. The van der Waals surface area contributed by atoms with Crippen LogP contribution in [0.4, 0.5) is 0 Å². The van der Waals surface area contributed by atoms with Gasteiger partial charge in [-0.2, -0.15) is 5.26 Å². The van der Waals surface area contributed by atoms with Gasteiger partial charge in [0.25, 0.3) is 0 Å². The van der Waals surface area contributed by atoms with Crippen LogP contribution >= 0.6 is 11.8 Å². The highest BCUT2D eigenvalue weighted by molar-refractivity contribution is 8.00. The summed E-state index contributed by atoms with van der Waals surface area (Å²) in [6.45, 7) is 4.42. The first kappa shape index (κ1) is 27.8. The predicted molar refractivity (Wildman–Crippen MR) is 150 cm³/mol. The van der Waals surface area contributed by atoms with Crippen LogP contribution in [0.15, 0.2) is 6.07 Å². The third kappa shape index (κ3) is 3.79. The average molecular weight is 608 g/mol. The Labute approximate surface area is 251 Å². The van der Waals surface area contributed by atoms with Crippen molar-refractivity contribution in [3.05, 3.63) is 39.4 Å². The van der Waals surface area contributed by atoms with Gasteiger partial charge in [-0.1, -0.05) is 6.07 Å². The van der Waals surface area contributed by atoms with Gasteiger partial charge in [-0.3, -0.25) is 19.4 Å². The van der Waals surface area contributed by atoms with Gasteiger partial charge in [0.05, 0.1) is 29.2 Å². The number of rotatable bonds is 1. The molecule has 0 aromatic heterocycles. The number of Topliss-reactive ketones (excluding diaryl/α,β-unsaturated/α-hetero) is 1. The number of nitrogens with zero attached hydrogens (tertiary/aromatic N) is 3. The highest BCUT2D eigenvalue weighted by Gasteiger charge is 2.60. The van der Waals surface area contributed by atoms with E-state index in [0.29, 0.717) is 45.7 Å². The minimum atomic E-state index is -0.967. The summed E-state index contributed by atoms with van der Waals surface area (Å²) in [5, 5.41) is 32.3. The minimum Gasteiger partial charge on any atom is -0.504 e. The van der Waals surface area contributed by atoms with Gasteiger partial charge in [-0.05, 0) is 38.4 Å². The highest BCUT2D eigenvalue weighted by Crippen LogP contribution is 2.63. The molecule has 0 spiro atoms. The number of aromatic hydroxyl groups is 2. The van der Waals surface area contributed by atoms with Crippen molar-refractivity contribution >= 4 is 29.5 Å². The largest absolute Gasteiger partial charge is 0.504 e. The summed E-state index contributed by atoms with van der Waals surface area (Å²) >= 11 is 1.18. The quantitative estimate of drug-likeness (QED) is 0.211. The second-order valence-electron chi connectivity index (χ2n) is 11.6. The number of carbonyl (C=O) groups excluding carboxylic acids is 3. The molecular weight excluding hydrogens is 578 g/mol. The topological polar surface area (TPSA) is 159 Å². The lowest BCUT2D eigenvalue weighted by Gasteiger charge is -2.61. The number of carbonyl (C=O) groups is 3. The molecule has 5 heterocycles. The molecule has 0 radical (unpaired) electrons. The minimum absolute atomic E-state index is 0.0755. The first-order valence-corrected chi connectivity index (χ1v) is 15.0. The fraction of sp³-hybridized carbons (Fsp3) is 0.467. The SMILES string of the molecule is CC(=O)Oc1c(C)c2c(c3c1[C@H]1SCC(=O)C(=O)OC[C@H]3N3C1[C@@H]1c4c(cc(C)c(O)c4O)C[C@H]([C@@H]3C#N)N1C)OCO2. The zero-order chi connectivity index (χ0) is 30.5. The summed E-state index contributed by atoms with van der Waals surface area (Å²) in [5.41, 5.74) is 3.58. The molecule has 0 amide bonds. The van der Waals surface area contributed by atoms with Crippen LogP contribution in [0.1, 0.15) is 57.6 Å². The number of piperazine rings is 1. The van der Waals surface area contributed by atoms with E-state index in [4.69, 9.17) is 18.9 Å². The lowest BCUT2D eigenvalue weighted by atomic mass is 9.71. The molecule has 224 valence electrons. The molecule has 1 saturated heterocycles. The summed E-state index contributed by atoms with van der Waals surface area (Å²) in [7, 11) is 1.89. The Hall–Kier alpha value is -3.99. The maximum absolute atomic E-state index is 12.9. The van der Waals surface area contributed by atoms with Gasteiger partial charge in [0, 0.05) is 41.3 Å². The maximum Gasteiger partial charge on any atom is 0.375 e. The number of likely N-dealkylation sites (N-methyl/N-ethyl adjacent to an activating group) is 1. The molecule has 5 aliphatic heterocycles. The Morgan fingerprint density at radius 3 is 2.58 bits per heavy atom. The van der Waals surface area contributed by atoms with E-state index in [0.717, 1.165) is 5.56 Å². The molecule has 6 atom stereocenters. The second kappa shape index (κ2) is 9.77. The fourth-order valence-electron chi connectivity index (χ4n) is 7.65. The van der Waals surface area contributed by atoms with Gasteiger partial charge in [0.15, 0.2) is 23.0 Å². The first-order chi connectivity index (χ1) is 20.5. The van der Waals surface area contributed by atoms with Crippen molar-refractivity contribution in [2.45, 2.75) is 62.7 Å².